The minimum atomic E-state index is -4.67. The van der Waals surface area contributed by atoms with Gasteiger partial charge in [-0.05, 0) is 72.3 Å². The van der Waals surface area contributed by atoms with E-state index < -0.39 is 10.4 Å². The van der Waals surface area contributed by atoms with Crippen LogP contribution in [0, 0.1) is 0 Å². The van der Waals surface area contributed by atoms with Crippen molar-refractivity contribution in [2.24, 2.45) is 0 Å². The van der Waals surface area contributed by atoms with E-state index in [2.05, 4.69) is 0 Å². The highest BCUT2D eigenvalue weighted by molar-refractivity contribution is 7.79. The second kappa shape index (κ2) is 10.5. The fourth-order valence-electron chi connectivity index (χ4n) is 2.84. The van der Waals surface area contributed by atoms with Crippen LogP contribution in [0.25, 0.3) is 11.1 Å². The van der Waals surface area contributed by atoms with E-state index in [1.807, 2.05) is 97.1 Å². The van der Waals surface area contributed by atoms with Crippen LogP contribution in [0.2, 0.25) is 0 Å². The first-order valence-corrected chi connectivity index (χ1v) is 11.0. The van der Waals surface area contributed by atoms with Gasteiger partial charge in [-0.1, -0.05) is 30.3 Å². The van der Waals surface area contributed by atoms with Gasteiger partial charge in [0.15, 0.2) is 0 Å². The van der Waals surface area contributed by atoms with E-state index in [9.17, 15) is 0 Å². The monoisotopic (exact) mass is 466 g/mol. The summed E-state index contributed by atoms with van der Waals surface area (Å²) >= 11 is 0. The van der Waals surface area contributed by atoms with Crippen LogP contribution in [-0.4, -0.2) is 17.5 Å². The zero-order chi connectivity index (χ0) is 23.8. The molecule has 4 aromatic carbocycles. The van der Waals surface area contributed by atoms with Gasteiger partial charge in [-0.15, -0.1) is 0 Å². The summed E-state index contributed by atoms with van der Waals surface area (Å²) in [5, 5.41) is 0. The quantitative estimate of drug-likeness (QED) is 0.224. The maximum atomic E-state index is 8.74. The first-order chi connectivity index (χ1) is 15.7. The summed E-state index contributed by atoms with van der Waals surface area (Å²) in [6.07, 6.45) is 0. The third-order valence-electron chi connectivity index (χ3n) is 4.26. The standard InChI is InChI=1S/C24H20N2O2.H2O4S/c25-18-6-10-20(11-7-18)27-22-14-15-24(28-21-12-8-19(26)9-13-21)23(16-22)17-4-2-1-3-5-17;1-5(2,3)4/h1-16H,25-26H2;(H2,1,2,3,4). The molecule has 0 fully saturated rings. The Balaban J connectivity index is 0.000000555. The van der Waals surface area contributed by atoms with Crippen LogP contribution in [-0.2, 0) is 10.4 Å². The average molecular weight is 467 g/mol. The van der Waals surface area contributed by atoms with Crippen LogP contribution in [0.1, 0.15) is 0 Å². The van der Waals surface area contributed by atoms with Crippen LogP contribution in [0.5, 0.6) is 23.0 Å². The van der Waals surface area contributed by atoms with Gasteiger partial charge in [-0.3, -0.25) is 9.11 Å². The highest BCUT2D eigenvalue weighted by Crippen LogP contribution is 2.37. The molecule has 170 valence electrons. The molecule has 9 heteroatoms. The third kappa shape index (κ3) is 7.86. The molecular formula is C24H22N2O6S. The minimum Gasteiger partial charge on any atom is -0.457 e. The van der Waals surface area contributed by atoms with Crippen molar-refractivity contribution in [2.75, 3.05) is 11.5 Å². The summed E-state index contributed by atoms with van der Waals surface area (Å²) in [7, 11) is -4.67. The Morgan fingerprint density at radius 2 is 1.06 bits per heavy atom. The second-order valence-corrected chi connectivity index (χ2v) is 7.71. The van der Waals surface area contributed by atoms with E-state index in [4.69, 9.17) is 38.5 Å². The number of rotatable bonds is 5. The second-order valence-electron chi connectivity index (χ2n) is 6.81. The zero-order valence-corrected chi connectivity index (χ0v) is 18.1. The number of nitrogens with two attached hydrogens (primary N) is 2. The predicted octanol–water partition coefficient (Wildman–Crippen LogP) is 5.45. The lowest BCUT2D eigenvalue weighted by Crippen LogP contribution is -1.92. The number of anilines is 2. The first kappa shape index (κ1) is 23.6. The van der Waals surface area contributed by atoms with Gasteiger partial charge >= 0.3 is 10.4 Å². The molecule has 0 heterocycles. The van der Waals surface area contributed by atoms with Gasteiger partial charge in [0.2, 0.25) is 0 Å². The number of hydrogen-bond donors (Lipinski definition) is 4. The molecule has 0 spiro atoms. The SMILES string of the molecule is Nc1ccc(Oc2ccc(Oc3ccc(N)cc3)c(-c3ccccc3)c2)cc1.O=S(=O)(O)O. The molecule has 0 amide bonds. The van der Waals surface area contributed by atoms with E-state index in [1.54, 1.807) is 0 Å². The lowest BCUT2D eigenvalue weighted by molar-refractivity contribution is 0.381. The maximum Gasteiger partial charge on any atom is 0.394 e. The Kier molecular flexibility index (Phi) is 7.52. The van der Waals surface area contributed by atoms with Crippen molar-refractivity contribution in [3.05, 3.63) is 97.1 Å². The number of nitrogen functional groups attached to an aromatic ring is 2. The van der Waals surface area contributed by atoms with Crippen LogP contribution < -0.4 is 20.9 Å². The molecule has 8 nitrogen and oxygen atoms in total. The molecule has 0 aliphatic heterocycles. The molecule has 6 N–H and O–H groups in total. The van der Waals surface area contributed by atoms with Gasteiger partial charge in [0, 0.05) is 16.9 Å². The summed E-state index contributed by atoms with van der Waals surface area (Å²) in [5.41, 5.74) is 14.9. The summed E-state index contributed by atoms with van der Waals surface area (Å²) < 4.78 is 43.7. The lowest BCUT2D eigenvalue weighted by Gasteiger charge is -2.14. The summed E-state index contributed by atoms with van der Waals surface area (Å²) in [6.45, 7) is 0. The van der Waals surface area contributed by atoms with Gasteiger partial charge in [-0.25, -0.2) is 0 Å². The Morgan fingerprint density at radius 3 is 1.58 bits per heavy atom. The predicted molar refractivity (Wildman–Crippen MR) is 128 cm³/mol. The van der Waals surface area contributed by atoms with Crippen molar-refractivity contribution in [2.45, 2.75) is 0 Å². The Hall–Kier alpha value is -4.05. The summed E-state index contributed by atoms with van der Waals surface area (Å²) in [6, 6.07) is 30.5. The van der Waals surface area contributed by atoms with Crippen molar-refractivity contribution in [3.8, 4) is 34.1 Å². The molecule has 0 aromatic heterocycles. The topological polar surface area (TPSA) is 145 Å². The molecule has 0 saturated carbocycles. The Morgan fingerprint density at radius 1 is 0.606 bits per heavy atom. The molecule has 33 heavy (non-hydrogen) atoms. The first-order valence-electron chi connectivity index (χ1n) is 9.63. The van der Waals surface area contributed by atoms with Crippen molar-refractivity contribution < 1.29 is 27.0 Å². The van der Waals surface area contributed by atoms with Crippen molar-refractivity contribution in [1.82, 2.24) is 0 Å². The molecule has 4 aromatic rings. The molecule has 0 bridgehead atoms. The third-order valence-corrected chi connectivity index (χ3v) is 4.26. The van der Waals surface area contributed by atoms with Gasteiger partial charge < -0.3 is 20.9 Å². The molecule has 0 atom stereocenters. The summed E-state index contributed by atoms with van der Waals surface area (Å²) in [5.74, 6) is 2.90. The van der Waals surface area contributed by atoms with E-state index in [0.29, 0.717) is 17.1 Å². The average Bonchev–Trinajstić information content (AvgIpc) is 2.77. The lowest BCUT2D eigenvalue weighted by atomic mass is 10.0. The number of hydrogen-bond acceptors (Lipinski definition) is 6. The largest absolute Gasteiger partial charge is 0.457 e. The van der Waals surface area contributed by atoms with Gasteiger partial charge in [0.05, 0.1) is 0 Å². The van der Waals surface area contributed by atoms with Crippen LogP contribution in [0.4, 0.5) is 11.4 Å². The van der Waals surface area contributed by atoms with Gasteiger partial charge in [-0.2, -0.15) is 8.42 Å². The van der Waals surface area contributed by atoms with Gasteiger partial charge in [0.1, 0.15) is 23.0 Å². The number of benzene rings is 4. The fourth-order valence-corrected chi connectivity index (χ4v) is 2.84. The molecule has 4 rings (SSSR count). The van der Waals surface area contributed by atoms with Crippen molar-refractivity contribution >= 4 is 21.8 Å². The molecule has 0 radical (unpaired) electrons. The number of ether oxygens (including phenoxy) is 2. The summed E-state index contributed by atoms with van der Waals surface area (Å²) in [4.78, 5) is 0. The van der Waals surface area contributed by atoms with Crippen LogP contribution in [0.3, 0.4) is 0 Å². The van der Waals surface area contributed by atoms with Crippen molar-refractivity contribution in [3.63, 3.8) is 0 Å². The Bertz CT molecular complexity index is 1290. The maximum absolute atomic E-state index is 8.74. The van der Waals surface area contributed by atoms with E-state index in [-0.39, 0.29) is 0 Å². The van der Waals surface area contributed by atoms with Crippen LogP contribution in [0.15, 0.2) is 97.1 Å². The van der Waals surface area contributed by atoms with E-state index >= 15 is 0 Å². The fraction of sp³-hybridized carbons (Fsp3) is 0. The smallest absolute Gasteiger partial charge is 0.394 e. The minimum absolute atomic E-state index is 0.697. The normalized spacial score (nSPS) is 10.6. The van der Waals surface area contributed by atoms with E-state index in [1.165, 1.54) is 0 Å². The molecule has 0 aliphatic carbocycles. The highest BCUT2D eigenvalue weighted by atomic mass is 32.3. The van der Waals surface area contributed by atoms with Gasteiger partial charge in [0.25, 0.3) is 0 Å². The van der Waals surface area contributed by atoms with Crippen molar-refractivity contribution in [1.29, 1.82) is 0 Å². The highest BCUT2D eigenvalue weighted by Gasteiger charge is 2.10. The van der Waals surface area contributed by atoms with E-state index in [0.717, 1.165) is 28.4 Å². The molecular weight excluding hydrogens is 444 g/mol. The zero-order valence-electron chi connectivity index (χ0n) is 17.3. The molecule has 0 aliphatic rings. The molecule has 0 unspecified atom stereocenters. The molecule has 0 saturated heterocycles. The Labute approximate surface area is 191 Å². The van der Waals surface area contributed by atoms with Crippen LogP contribution >= 0.6 is 0 Å².